The van der Waals surface area contributed by atoms with E-state index in [1.807, 2.05) is 30.3 Å². The molecule has 1 aliphatic heterocycles. The highest BCUT2D eigenvalue weighted by atomic mass is 79.9. The van der Waals surface area contributed by atoms with Crippen LogP contribution in [0.3, 0.4) is 0 Å². The molecule has 5 heteroatoms. The molecule has 1 aliphatic rings. The zero-order chi connectivity index (χ0) is 17.5. The molecular weight excluding hydrogens is 378 g/mol. The standard InChI is InChI=1S/C20H24BrN3O/c21-19-8-6-18(7-9-19)15-23-10-12-24(13-11-23)16-20(25)22-14-17-4-2-1-3-5-17/h1-9H,10-16H2,(H,22,25). The lowest BCUT2D eigenvalue weighted by molar-refractivity contribution is -0.122. The highest BCUT2D eigenvalue weighted by Crippen LogP contribution is 2.13. The Kier molecular flexibility index (Phi) is 6.62. The first-order chi connectivity index (χ1) is 12.2. The Morgan fingerprint density at radius 2 is 1.52 bits per heavy atom. The van der Waals surface area contributed by atoms with Gasteiger partial charge in [-0.1, -0.05) is 58.4 Å². The summed E-state index contributed by atoms with van der Waals surface area (Å²) in [6.07, 6.45) is 0. The van der Waals surface area contributed by atoms with Crippen LogP contribution in [0.4, 0.5) is 0 Å². The maximum atomic E-state index is 12.1. The monoisotopic (exact) mass is 401 g/mol. The molecule has 25 heavy (non-hydrogen) atoms. The van der Waals surface area contributed by atoms with Crippen LogP contribution in [0.15, 0.2) is 59.1 Å². The van der Waals surface area contributed by atoms with Crippen molar-refractivity contribution in [3.63, 3.8) is 0 Å². The van der Waals surface area contributed by atoms with Gasteiger partial charge in [0.05, 0.1) is 6.54 Å². The fourth-order valence-electron chi connectivity index (χ4n) is 3.01. The Hall–Kier alpha value is -1.69. The van der Waals surface area contributed by atoms with Crippen molar-refractivity contribution in [2.24, 2.45) is 0 Å². The van der Waals surface area contributed by atoms with Gasteiger partial charge in [-0.05, 0) is 23.3 Å². The number of hydrogen-bond donors (Lipinski definition) is 1. The van der Waals surface area contributed by atoms with Gasteiger partial charge in [-0.2, -0.15) is 0 Å². The van der Waals surface area contributed by atoms with Crippen LogP contribution in [0, 0.1) is 0 Å². The summed E-state index contributed by atoms with van der Waals surface area (Å²) in [5.41, 5.74) is 2.47. The second-order valence-corrected chi connectivity index (χ2v) is 7.36. The quantitative estimate of drug-likeness (QED) is 0.807. The summed E-state index contributed by atoms with van der Waals surface area (Å²) in [7, 11) is 0. The third-order valence-electron chi connectivity index (χ3n) is 4.48. The highest BCUT2D eigenvalue weighted by molar-refractivity contribution is 9.10. The van der Waals surface area contributed by atoms with E-state index in [1.165, 1.54) is 5.56 Å². The van der Waals surface area contributed by atoms with E-state index in [4.69, 9.17) is 0 Å². The van der Waals surface area contributed by atoms with E-state index in [2.05, 4.69) is 55.3 Å². The SMILES string of the molecule is O=C(CN1CCN(Cc2ccc(Br)cc2)CC1)NCc1ccccc1. The van der Waals surface area contributed by atoms with Crippen molar-refractivity contribution in [1.82, 2.24) is 15.1 Å². The number of hydrogen-bond acceptors (Lipinski definition) is 3. The molecule has 0 saturated carbocycles. The predicted octanol–water partition coefficient (Wildman–Crippen LogP) is 2.88. The second-order valence-electron chi connectivity index (χ2n) is 6.44. The van der Waals surface area contributed by atoms with E-state index >= 15 is 0 Å². The van der Waals surface area contributed by atoms with Crippen molar-refractivity contribution < 1.29 is 4.79 Å². The Labute approximate surface area is 158 Å². The smallest absolute Gasteiger partial charge is 0.234 e. The molecule has 0 atom stereocenters. The first-order valence-corrected chi connectivity index (χ1v) is 9.48. The second kappa shape index (κ2) is 9.13. The molecule has 132 valence electrons. The van der Waals surface area contributed by atoms with Gasteiger partial charge in [0.1, 0.15) is 0 Å². The predicted molar refractivity (Wildman–Crippen MR) is 104 cm³/mol. The third-order valence-corrected chi connectivity index (χ3v) is 5.01. The summed E-state index contributed by atoms with van der Waals surface area (Å²) in [5, 5.41) is 3.00. The Morgan fingerprint density at radius 3 is 2.20 bits per heavy atom. The lowest BCUT2D eigenvalue weighted by atomic mass is 10.2. The van der Waals surface area contributed by atoms with E-state index in [-0.39, 0.29) is 5.91 Å². The zero-order valence-electron chi connectivity index (χ0n) is 14.3. The Balaban J connectivity index is 1.37. The van der Waals surface area contributed by atoms with Crippen molar-refractivity contribution >= 4 is 21.8 Å². The number of carbonyl (C=O) groups excluding carboxylic acids is 1. The first kappa shape index (κ1) is 18.1. The maximum Gasteiger partial charge on any atom is 0.234 e. The maximum absolute atomic E-state index is 12.1. The third kappa shape index (κ3) is 5.96. The minimum atomic E-state index is 0.102. The number of amides is 1. The van der Waals surface area contributed by atoms with Gasteiger partial charge in [0.2, 0.25) is 5.91 Å². The minimum absolute atomic E-state index is 0.102. The van der Waals surface area contributed by atoms with Crippen molar-refractivity contribution in [3.8, 4) is 0 Å². The molecule has 1 saturated heterocycles. The van der Waals surface area contributed by atoms with Crippen LogP contribution < -0.4 is 5.32 Å². The Bertz CT molecular complexity index is 667. The van der Waals surface area contributed by atoms with E-state index in [0.717, 1.165) is 42.8 Å². The molecule has 0 aromatic heterocycles. The largest absolute Gasteiger partial charge is 0.351 e. The number of piperazine rings is 1. The molecule has 1 heterocycles. The van der Waals surface area contributed by atoms with E-state index in [0.29, 0.717) is 13.1 Å². The molecule has 0 spiro atoms. The van der Waals surface area contributed by atoms with Crippen molar-refractivity contribution in [2.45, 2.75) is 13.1 Å². The van der Waals surface area contributed by atoms with Crippen molar-refractivity contribution in [2.75, 3.05) is 32.7 Å². The number of carbonyl (C=O) groups is 1. The van der Waals surface area contributed by atoms with Gasteiger partial charge in [0.15, 0.2) is 0 Å². The van der Waals surface area contributed by atoms with Gasteiger partial charge >= 0.3 is 0 Å². The molecule has 0 aliphatic carbocycles. The van der Waals surface area contributed by atoms with E-state index < -0.39 is 0 Å². The lowest BCUT2D eigenvalue weighted by Crippen LogP contribution is -2.49. The fourth-order valence-corrected chi connectivity index (χ4v) is 3.27. The highest BCUT2D eigenvalue weighted by Gasteiger charge is 2.18. The van der Waals surface area contributed by atoms with E-state index in [1.54, 1.807) is 0 Å². The zero-order valence-corrected chi connectivity index (χ0v) is 15.9. The van der Waals surface area contributed by atoms with Crippen LogP contribution in [0.2, 0.25) is 0 Å². The number of rotatable bonds is 6. The summed E-state index contributed by atoms with van der Waals surface area (Å²) in [5.74, 6) is 0.102. The molecule has 2 aromatic rings. The summed E-state index contributed by atoms with van der Waals surface area (Å²) in [6, 6.07) is 18.5. The number of nitrogens with zero attached hydrogens (tertiary/aromatic N) is 2. The van der Waals surface area contributed by atoms with Crippen LogP contribution in [-0.4, -0.2) is 48.4 Å². The molecule has 1 amide bonds. The molecule has 0 bridgehead atoms. The number of benzene rings is 2. The van der Waals surface area contributed by atoms with Crippen LogP contribution in [0.5, 0.6) is 0 Å². The van der Waals surface area contributed by atoms with Crippen LogP contribution in [0.25, 0.3) is 0 Å². The fraction of sp³-hybridized carbons (Fsp3) is 0.350. The van der Waals surface area contributed by atoms with Crippen molar-refractivity contribution in [3.05, 3.63) is 70.2 Å². The molecule has 2 aromatic carbocycles. The first-order valence-electron chi connectivity index (χ1n) is 8.69. The van der Waals surface area contributed by atoms with Crippen molar-refractivity contribution in [1.29, 1.82) is 0 Å². The summed E-state index contributed by atoms with van der Waals surface area (Å²) in [4.78, 5) is 16.8. The summed E-state index contributed by atoms with van der Waals surface area (Å²) >= 11 is 3.47. The average Bonchev–Trinajstić information content (AvgIpc) is 2.64. The molecule has 1 fully saturated rings. The topological polar surface area (TPSA) is 35.6 Å². The molecule has 1 N–H and O–H groups in total. The van der Waals surface area contributed by atoms with Gasteiger partial charge in [-0.25, -0.2) is 0 Å². The van der Waals surface area contributed by atoms with Crippen LogP contribution in [0.1, 0.15) is 11.1 Å². The average molecular weight is 402 g/mol. The van der Waals surface area contributed by atoms with Gasteiger partial charge < -0.3 is 5.32 Å². The van der Waals surface area contributed by atoms with Crippen LogP contribution in [-0.2, 0) is 17.9 Å². The number of halogens is 1. The normalized spacial score (nSPS) is 15.9. The van der Waals surface area contributed by atoms with Crippen LogP contribution >= 0.6 is 15.9 Å². The Morgan fingerprint density at radius 1 is 0.880 bits per heavy atom. The molecule has 0 radical (unpaired) electrons. The van der Waals surface area contributed by atoms with Gasteiger partial charge in [0, 0.05) is 43.7 Å². The van der Waals surface area contributed by atoms with Gasteiger partial charge in [0.25, 0.3) is 0 Å². The van der Waals surface area contributed by atoms with Gasteiger partial charge in [-0.3, -0.25) is 14.6 Å². The number of nitrogens with one attached hydrogen (secondary N) is 1. The molecular formula is C20H24BrN3O. The molecule has 4 nitrogen and oxygen atoms in total. The molecule has 3 rings (SSSR count). The minimum Gasteiger partial charge on any atom is -0.351 e. The van der Waals surface area contributed by atoms with Gasteiger partial charge in [-0.15, -0.1) is 0 Å². The summed E-state index contributed by atoms with van der Waals surface area (Å²) in [6.45, 7) is 5.94. The van der Waals surface area contributed by atoms with E-state index in [9.17, 15) is 4.79 Å². The lowest BCUT2D eigenvalue weighted by Gasteiger charge is -2.34. The molecule has 0 unspecified atom stereocenters. The summed E-state index contributed by atoms with van der Waals surface area (Å²) < 4.78 is 1.11.